The van der Waals surface area contributed by atoms with Gasteiger partial charge in [-0.2, -0.15) is 0 Å². The maximum atomic E-state index is 12.5. The molecule has 3 atom stereocenters. The second kappa shape index (κ2) is 4.55. The van der Waals surface area contributed by atoms with E-state index >= 15 is 0 Å². The Balaban J connectivity index is 1.77. The van der Waals surface area contributed by atoms with Crippen LogP contribution in [0.2, 0.25) is 0 Å². The van der Waals surface area contributed by atoms with E-state index in [4.69, 9.17) is 4.74 Å². The van der Waals surface area contributed by atoms with Gasteiger partial charge in [0.15, 0.2) is 0 Å². The highest BCUT2D eigenvalue weighted by Gasteiger charge is 2.44. The van der Waals surface area contributed by atoms with Crippen LogP contribution in [-0.2, 0) is 0 Å². The summed E-state index contributed by atoms with van der Waals surface area (Å²) in [6.45, 7) is 5.15. The molecule has 3 heterocycles. The number of nitrogens with zero attached hydrogens (tertiary/aromatic N) is 1. The molecular formula is C13H18N2O2S. The molecule has 2 saturated heterocycles. The van der Waals surface area contributed by atoms with Gasteiger partial charge in [-0.25, -0.2) is 0 Å². The summed E-state index contributed by atoms with van der Waals surface area (Å²) in [5.41, 5.74) is 0. The molecule has 18 heavy (non-hydrogen) atoms. The van der Waals surface area contributed by atoms with Crippen LogP contribution >= 0.6 is 11.3 Å². The van der Waals surface area contributed by atoms with Crippen molar-refractivity contribution in [1.82, 2.24) is 10.2 Å². The molecule has 2 fully saturated rings. The Morgan fingerprint density at radius 3 is 3.06 bits per heavy atom. The van der Waals surface area contributed by atoms with Gasteiger partial charge in [0.05, 0.1) is 12.0 Å². The van der Waals surface area contributed by atoms with Crippen LogP contribution in [0.3, 0.4) is 0 Å². The molecule has 98 valence electrons. The predicted octanol–water partition coefficient (Wildman–Crippen LogP) is 1.44. The van der Waals surface area contributed by atoms with E-state index in [1.807, 2.05) is 16.3 Å². The van der Waals surface area contributed by atoms with Crippen molar-refractivity contribution in [2.24, 2.45) is 11.8 Å². The first-order chi connectivity index (χ1) is 8.70. The van der Waals surface area contributed by atoms with Crippen molar-refractivity contribution in [3.63, 3.8) is 0 Å². The second-order valence-corrected chi connectivity index (χ2v) is 6.04. The van der Waals surface area contributed by atoms with Crippen LogP contribution < -0.4 is 10.1 Å². The number of carbonyl (C=O) groups excluding carboxylic acids is 1. The molecule has 0 aliphatic carbocycles. The fourth-order valence-corrected chi connectivity index (χ4v) is 3.92. The third kappa shape index (κ3) is 1.82. The number of fused-ring (bicyclic) bond motifs is 1. The molecule has 3 unspecified atom stereocenters. The van der Waals surface area contributed by atoms with Crippen molar-refractivity contribution in [2.45, 2.75) is 13.0 Å². The highest BCUT2D eigenvalue weighted by atomic mass is 32.1. The summed E-state index contributed by atoms with van der Waals surface area (Å²) in [6, 6.07) is 2.18. The molecule has 1 amide bonds. The fourth-order valence-electron chi connectivity index (χ4n) is 3.12. The molecule has 0 bridgehead atoms. The Kier molecular flexibility index (Phi) is 3.03. The number of carbonyl (C=O) groups is 1. The molecule has 1 N–H and O–H groups in total. The molecule has 2 aliphatic heterocycles. The number of thiophene rings is 1. The summed E-state index contributed by atoms with van der Waals surface area (Å²) >= 11 is 1.47. The zero-order valence-corrected chi connectivity index (χ0v) is 11.5. The largest absolute Gasteiger partial charge is 0.496 e. The second-order valence-electron chi connectivity index (χ2n) is 5.13. The van der Waals surface area contributed by atoms with Crippen molar-refractivity contribution < 1.29 is 9.53 Å². The molecule has 0 spiro atoms. The number of ether oxygens (including phenoxy) is 1. The first kappa shape index (κ1) is 12.0. The average Bonchev–Trinajstić information content (AvgIpc) is 3.06. The molecule has 2 aliphatic rings. The lowest BCUT2D eigenvalue weighted by Gasteiger charge is -2.23. The van der Waals surface area contributed by atoms with Gasteiger partial charge in [0.25, 0.3) is 5.91 Å². The SMILES string of the molecule is COc1csc(C(=O)N2CC3CNCC3C2C)c1. The molecule has 0 saturated carbocycles. The molecule has 5 heteroatoms. The number of likely N-dealkylation sites (tertiary alicyclic amines) is 1. The zero-order chi connectivity index (χ0) is 12.7. The van der Waals surface area contributed by atoms with Crippen LogP contribution in [0.15, 0.2) is 11.4 Å². The maximum Gasteiger partial charge on any atom is 0.264 e. The Hall–Kier alpha value is -1.07. The number of rotatable bonds is 2. The van der Waals surface area contributed by atoms with Crippen molar-refractivity contribution in [3.05, 3.63) is 16.3 Å². The van der Waals surface area contributed by atoms with E-state index in [0.29, 0.717) is 17.9 Å². The standard InChI is InChI=1S/C13H18N2O2S/c1-8-11-5-14-4-9(11)6-15(8)13(16)12-3-10(17-2)7-18-12/h3,7-9,11,14H,4-6H2,1-2H3. The van der Waals surface area contributed by atoms with Gasteiger partial charge >= 0.3 is 0 Å². The molecular weight excluding hydrogens is 248 g/mol. The number of hydrogen-bond donors (Lipinski definition) is 1. The number of methoxy groups -OCH3 is 1. The highest BCUT2D eigenvalue weighted by molar-refractivity contribution is 7.12. The number of hydrogen-bond acceptors (Lipinski definition) is 4. The quantitative estimate of drug-likeness (QED) is 0.880. The van der Waals surface area contributed by atoms with Crippen LogP contribution in [0.1, 0.15) is 16.6 Å². The third-order valence-corrected chi connectivity index (χ3v) is 5.11. The zero-order valence-electron chi connectivity index (χ0n) is 10.7. The lowest BCUT2D eigenvalue weighted by Crippen LogP contribution is -2.37. The van der Waals surface area contributed by atoms with Crippen LogP contribution in [0.5, 0.6) is 5.75 Å². The van der Waals surface area contributed by atoms with Crippen molar-refractivity contribution in [3.8, 4) is 5.75 Å². The van der Waals surface area contributed by atoms with E-state index < -0.39 is 0 Å². The van der Waals surface area contributed by atoms with Crippen LogP contribution in [0.25, 0.3) is 0 Å². The van der Waals surface area contributed by atoms with Crippen molar-refractivity contribution >= 4 is 17.2 Å². The Morgan fingerprint density at radius 2 is 2.39 bits per heavy atom. The van der Waals surface area contributed by atoms with Crippen LogP contribution in [0, 0.1) is 11.8 Å². The first-order valence-electron chi connectivity index (χ1n) is 6.35. The van der Waals surface area contributed by atoms with Crippen LogP contribution in [-0.4, -0.2) is 43.6 Å². The van der Waals surface area contributed by atoms with E-state index in [9.17, 15) is 4.79 Å². The first-order valence-corrected chi connectivity index (χ1v) is 7.23. The molecule has 4 nitrogen and oxygen atoms in total. The summed E-state index contributed by atoms with van der Waals surface area (Å²) in [5.74, 6) is 2.18. The average molecular weight is 266 g/mol. The minimum atomic E-state index is 0.158. The van der Waals surface area contributed by atoms with E-state index in [1.54, 1.807) is 7.11 Å². The van der Waals surface area contributed by atoms with E-state index in [1.165, 1.54) is 11.3 Å². The van der Waals surface area contributed by atoms with Gasteiger partial charge in [0, 0.05) is 37.1 Å². The minimum Gasteiger partial charge on any atom is -0.496 e. The van der Waals surface area contributed by atoms with Gasteiger partial charge in [-0.3, -0.25) is 4.79 Å². The summed E-state index contributed by atoms with van der Waals surface area (Å²) in [6.07, 6.45) is 0. The summed E-state index contributed by atoms with van der Waals surface area (Å²) < 4.78 is 5.14. The van der Waals surface area contributed by atoms with Gasteiger partial charge in [0.1, 0.15) is 5.75 Å². The van der Waals surface area contributed by atoms with Crippen molar-refractivity contribution in [1.29, 1.82) is 0 Å². The van der Waals surface area contributed by atoms with Gasteiger partial charge < -0.3 is 15.0 Å². The summed E-state index contributed by atoms with van der Waals surface area (Å²) in [5, 5.41) is 5.30. The van der Waals surface area contributed by atoms with E-state index in [2.05, 4.69) is 12.2 Å². The highest BCUT2D eigenvalue weighted by Crippen LogP contribution is 2.34. The topological polar surface area (TPSA) is 41.6 Å². The smallest absolute Gasteiger partial charge is 0.264 e. The minimum absolute atomic E-state index is 0.158. The Labute approximate surface area is 111 Å². The molecule has 0 aromatic carbocycles. The third-order valence-electron chi connectivity index (χ3n) is 4.22. The summed E-state index contributed by atoms with van der Waals surface area (Å²) in [7, 11) is 1.63. The van der Waals surface area contributed by atoms with Gasteiger partial charge in [0.2, 0.25) is 0 Å². The fraction of sp³-hybridized carbons (Fsp3) is 0.615. The predicted molar refractivity (Wildman–Crippen MR) is 71.2 cm³/mol. The number of amides is 1. The van der Waals surface area contributed by atoms with Gasteiger partial charge in [-0.05, 0) is 18.8 Å². The lowest BCUT2D eigenvalue weighted by atomic mass is 9.95. The van der Waals surface area contributed by atoms with E-state index in [0.717, 1.165) is 30.3 Å². The van der Waals surface area contributed by atoms with Gasteiger partial charge in [-0.15, -0.1) is 11.3 Å². The molecule has 3 rings (SSSR count). The van der Waals surface area contributed by atoms with Crippen LogP contribution in [0.4, 0.5) is 0 Å². The molecule has 1 aromatic heterocycles. The normalized spacial score (nSPS) is 30.6. The van der Waals surface area contributed by atoms with Gasteiger partial charge in [-0.1, -0.05) is 0 Å². The monoisotopic (exact) mass is 266 g/mol. The van der Waals surface area contributed by atoms with E-state index in [-0.39, 0.29) is 5.91 Å². The summed E-state index contributed by atoms with van der Waals surface area (Å²) in [4.78, 5) is 15.3. The molecule has 0 radical (unpaired) electrons. The number of nitrogens with one attached hydrogen (secondary N) is 1. The maximum absolute atomic E-state index is 12.5. The molecule has 1 aromatic rings. The van der Waals surface area contributed by atoms with Crippen molar-refractivity contribution in [2.75, 3.05) is 26.7 Å². The Morgan fingerprint density at radius 1 is 1.56 bits per heavy atom. The Bertz CT molecular complexity index is 460. The lowest BCUT2D eigenvalue weighted by molar-refractivity contribution is 0.0733.